The van der Waals surface area contributed by atoms with E-state index in [1.807, 2.05) is 0 Å². The van der Waals surface area contributed by atoms with Crippen molar-refractivity contribution < 1.29 is 9.31 Å². The number of halogens is 2. The smallest absolute Gasteiger partial charge is 0.277 e. The Balaban J connectivity index is 0.00000112. The van der Waals surface area contributed by atoms with Crippen LogP contribution in [0.4, 0.5) is 10.1 Å². The second-order valence-electron chi connectivity index (χ2n) is 3.26. The number of nitro groups is 1. The molecule has 0 bridgehead atoms. The van der Waals surface area contributed by atoms with Gasteiger partial charge in [-0.05, 0) is 25.1 Å². The summed E-state index contributed by atoms with van der Waals surface area (Å²) in [4.78, 5) is 10.1. The van der Waals surface area contributed by atoms with Crippen LogP contribution in [0.3, 0.4) is 0 Å². The van der Waals surface area contributed by atoms with Gasteiger partial charge < -0.3 is 5.32 Å². The van der Waals surface area contributed by atoms with Crippen LogP contribution in [-0.2, 0) is 0 Å². The van der Waals surface area contributed by atoms with E-state index in [2.05, 4.69) is 5.32 Å². The van der Waals surface area contributed by atoms with Gasteiger partial charge in [-0.1, -0.05) is 0 Å². The van der Waals surface area contributed by atoms with Crippen molar-refractivity contribution in [2.75, 3.05) is 6.54 Å². The molecule has 1 heterocycles. The first-order valence-corrected chi connectivity index (χ1v) is 4.35. The molecule has 0 aromatic heterocycles. The normalized spacial score (nSPS) is 18.9. The number of rotatable bonds is 2. The Morgan fingerprint density at radius 1 is 1.53 bits per heavy atom. The summed E-state index contributed by atoms with van der Waals surface area (Å²) in [7, 11) is 0. The van der Waals surface area contributed by atoms with Gasteiger partial charge in [-0.15, -0.1) is 12.4 Å². The SMILES string of the molecule is Cl.O=[N+]([O-])c1cc(F)ccc1[C@H]1CCN1. The van der Waals surface area contributed by atoms with Crippen molar-refractivity contribution in [1.82, 2.24) is 5.32 Å². The van der Waals surface area contributed by atoms with E-state index < -0.39 is 10.7 Å². The fourth-order valence-corrected chi connectivity index (χ4v) is 1.52. The van der Waals surface area contributed by atoms with Crippen molar-refractivity contribution in [3.63, 3.8) is 0 Å². The van der Waals surface area contributed by atoms with Crippen LogP contribution in [0, 0.1) is 15.9 Å². The molecule has 2 rings (SSSR count). The highest BCUT2D eigenvalue weighted by Gasteiger charge is 2.26. The van der Waals surface area contributed by atoms with Gasteiger partial charge in [-0.3, -0.25) is 10.1 Å². The van der Waals surface area contributed by atoms with Crippen LogP contribution >= 0.6 is 12.4 Å². The highest BCUT2D eigenvalue weighted by molar-refractivity contribution is 5.85. The fraction of sp³-hybridized carbons (Fsp3) is 0.333. The average Bonchev–Trinajstić information content (AvgIpc) is 2.04. The Labute approximate surface area is 92.0 Å². The van der Waals surface area contributed by atoms with Gasteiger partial charge in [0.25, 0.3) is 5.69 Å². The zero-order chi connectivity index (χ0) is 10.1. The molecule has 1 fully saturated rings. The second kappa shape index (κ2) is 4.55. The van der Waals surface area contributed by atoms with Crippen LogP contribution in [0.25, 0.3) is 0 Å². The van der Waals surface area contributed by atoms with Crippen LogP contribution in [0.2, 0.25) is 0 Å². The zero-order valence-electron chi connectivity index (χ0n) is 7.77. The minimum Gasteiger partial charge on any atom is -0.310 e. The Morgan fingerprint density at radius 2 is 2.20 bits per heavy atom. The highest BCUT2D eigenvalue weighted by Crippen LogP contribution is 2.31. The van der Waals surface area contributed by atoms with E-state index in [1.54, 1.807) is 0 Å². The molecule has 0 radical (unpaired) electrons. The molecule has 82 valence electrons. The summed E-state index contributed by atoms with van der Waals surface area (Å²) in [6.07, 6.45) is 0.868. The van der Waals surface area contributed by atoms with Crippen LogP contribution < -0.4 is 5.32 Å². The average molecular weight is 233 g/mol. The standard InChI is InChI=1S/C9H9FN2O2.ClH/c10-6-1-2-7(8-3-4-11-8)9(5-6)12(13)14;/h1-2,5,8,11H,3-4H2;1H/t8-;/m1./s1. The predicted molar refractivity (Wildman–Crippen MR) is 55.7 cm³/mol. The van der Waals surface area contributed by atoms with E-state index in [9.17, 15) is 14.5 Å². The minimum absolute atomic E-state index is 0. The third kappa shape index (κ3) is 2.24. The third-order valence-corrected chi connectivity index (χ3v) is 2.39. The summed E-state index contributed by atoms with van der Waals surface area (Å²) < 4.78 is 12.8. The van der Waals surface area contributed by atoms with Crippen molar-refractivity contribution >= 4 is 18.1 Å². The van der Waals surface area contributed by atoms with Crippen LogP contribution in [0.5, 0.6) is 0 Å². The number of hydrogen-bond acceptors (Lipinski definition) is 3. The summed E-state index contributed by atoms with van der Waals surface area (Å²) >= 11 is 0. The first-order chi connectivity index (χ1) is 6.68. The van der Waals surface area contributed by atoms with Gasteiger partial charge in [-0.25, -0.2) is 4.39 Å². The van der Waals surface area contributed by atoms with Gasteiger partial charge >= 0.3 is 0 Å². The summed E-state index contributed by atoms with van der Waals surface area (Å²) in [6.45, 7) is 0.860. The molecule has 1 saturated heterocycles. The summed E-state index contributed by atoms with van der Waals surface area (Å²) in [5, 5.41) is 13.7. The van der Waals surface area contributed by atoms with E-state index in [4.69, 9.17) is 0 Å². The van der Waals surface area contributed by atoms with E-state index >= 15 is 0 Å². The van der Waals surface area contributed by atoms with E-state index in [-0.39, 0.29) is 24.1 Å². The Hall–Kier alpha value is -1.20. The van der Waals surface area contributed by atoms with Crippen LogP contribution in [0.15, 0.2) is 18.2 Å². The number of nitro benzene ring substituents is 1. The monoisotopic (exact) mass is 232 g/mol. The maximum Gasteiger partial charge on any atom is 0.277 e. The van der Waals surface area contributed by atoms with Crippen molar-refractivity contribution in [2.24, 2.45) is 0 Å². The number of hydrogen-bond donors (Lipinski definition) is 1. The molecule has 1 aliphatic rings. The summed E-state index contributed by atoms with van der Waals surface area (Å²) in [6, 6.07) is 3.71. The highest BCUT2D eigenvalue weighted by atomic mass is 35.5. The van der Waals surface area contributed by atoms with E-state index in [0.717, 1.165) is 19.0 Å². The molecule has 0 aliphatic carbocycles. The first kappa shape index (κ1) is 11.9. The fourth-order valence-electron chi connectivity index (χ4n) is 1.52. The number of benzene rings is 1. The van der Waals surface area contributed by atoms with Crippen molar-refractivity contribution in [2.45, 2.75) is 12.5 Å². The van der Waals surface area contributed by atoms with Crippen molar-refractivity contribution in [1.29, 1.82) is 0 Å². The molecule has 1 aromatic carbocycles. The lowest BCUT2D eigenvalue weighted by Gasteiger charge is -2.27. The first-order valence-electron chi connectivity index (χ1n) is 4.35. The molecule has 1 aromatic rings. The Morgan fingerprint density at radius 3 is 2.67 bits per heavy atom. The van der Waals surface area contributed by atoms with Crippen molar-refractivity contribution in [3.05, 3.63) is 39.7 Å². The molecule has 1 N–H and O–H groups in total. The lowest BCUT2D eigenvalue weighted by molar-refractivity contribution is -0.386. The molecule has 6 heteroatoms. The second-order valence-corrected chi connectivity index (χ2v) is 3.26. The molecule has 15 heavy (non-hydrogen) atoms. The Bertz CT molecular complexity index is 382. The van der Waals surface area contributed by atoms with Crippen molar-refractivity contribution in [3.8, 4) is 0 Å². The van der Waals surface area contributed by atoms with Crippen LogP contribution in [0.1, 0.15) is 18.0 Å². The quantitative estimate of drug-likeness (QED) is 0.628. The van der Waals surface area contributed by atoms with Gasteiger partial charge in [0, 0.05) is 11.6 Å². The largest absolute Gasteiger partial charge is 0.310 e. The maximum absolute atomic E-state index is 12.8. The van der Waals surface area contributed by atoms with Gasteiger partial charge in [-0.2, -0.15) is 0 Å². The predicted octanol–water partition coefficient (Wildman–Crippen LogP) is 2.19. The number of nitrogens with one attached hydrogen (secondary N) is 1. The summed E-state index contributed by atoms with van der Waals surface area (Å²) in [5.41, 5.74) is 0.435. The van der Waals surface area contributed by atoms with Gasteiger partial charge in [0.05, 0.1) is 11.0 Å². The van der Waals surface area contributed by atoms with Gasteiger partial charge in [0.15, 0.2) is 0 Å². The lowest BCUT2D eigenvalue weighted by Crippen LogP contribution is -2.35. The molecule has 0 unspecified atom stereocenters. The molecule has 0 amide bonds. The van der Waals surface area contributed by atoms with Crippen LogP contribution in [-0.4, -0.2) is 11.5 Å². The topological polar surface area (TPSA) is 55.2 Å². The van der Waals surface area contributed by atoms with E-state index in [1.165, 1.54) is 12.1 Å². The zero-order valence-corrected chi connectivity index (χ0v) is 8.59. The number of nitrogens with zero attached hydrogens (tertiary/aromatic N) is 1. The molecular formula is C9H10ClFN2O2. The summed E-state index contributed by atoms with van der Waals surface area (Å²) in [5.74, 6) is -0.570. The maximum atomic E-state index is 12.8. The lowest BCUT2D eigenvalue weighted by atomic mass is 9.96. The van der Waals surface area contributed by atoms with Gasteiger partial charge in [0.2, 0.25) is 0 Å². The molecular weight excluding hydrogens is 223 g/mol. The molecule has 0 saturated carbocycles. The molecule has 1 atom stereocenters. The minimum atomic E-state index is -0.570. The Kier molecular flexibility index (Phi) is 3.60. The molecule has 4 nitrogen and oxygen atoms in total. The van der Waals surface area contributed by atoms with Gasteiger partial charge in [0.1, 0.15) is 5.82 Å². The van der Waals surface area contributed by atoms with E-state index in [0.29, 0.717) is 5.56 Å². The molecule has 1 aliphatic heterocycles. The molecule has 0 spiro atoms. The third-order valence-electron chi connectivity index (χ3n) is 2.39.